The van der Waals surface area contributed by atoms with E-state index in [2.05, 4.69) is 29.4 Å². The van der Waals surface area contributed by atoms with Crippen LogP contribution in [0.4, 0.5) is 0 Å². The van der Waals surface area contributed by atoms with Crippen LogP contribution in [0.5, 0.6) is 11.5 Å². The lowest BCUT2D eigenvalue weighted by molar-refractivity contribution is 0.240. The summed E-state index contributed by atoms with van der Waals surface area (Å²) < 4.78 is 11.6. The predicted octanol–water partition coefficient (Wildman–Crippen LogP) is 4.33. The highest BCUT2D eigenvalue weighted by Gasteiger charge is 2.21. The second kappa shape index (κ2) is 9.82. The van der Waals surface area contributed by atoms with E-state index >= 15 is 0 Å². The first-order valence-electron chi connectivity index (χ1n) is 9.07. The van der Waals surface area contributed by atoms with Gasteiger partial charge in [0.2, 0.25) is 0 Å². The monoisotopic (exact) mass is 481 g/mol. The maximum atomic E-state index is 6.15. The summed E-state index contributed by atoms with van der Waals surface area (Å²) in [5, 5.41) is 3.32. The number of guanidine groups is 1. The van der Waals surface area contributed by atoms with E-state index in [1.807, 2.05) is 44.2 Å². The number of ether oxygens (including phenoxy) is 2. The summed E-state index contributed by atoms with van der Waals surface area (Å²) in [5.41, 5.74) is 9.46. The number of nitrogens with two attached hydrogens (primary N) is 1. The van der Waals surface area contributed by atoms with Gasteiger partial charge in [0.1, 0.15) is 11.5 Å². The topological polar surface area (TPSA) is 68.9 Å². The largest absolute Gasteiger partial charge is 0.493 e. The molecule has 3 rings (SSSR count). The Morgan fingerprint density at radius 1 is 1.30 bits per heavy atom. The van der Waals surface area contributed by atoms with Crippen LogP contribution in [0, 0.1) is 6.92 Å². The van der Waals surface area contributed by atoms with Crippen molar-refractivity contribution in [2.24, 2.45) is 10.7 Å². The standard InChI is InChI=1S/C21H27N3O2.HI/c1-14(2)26-20-12-15(3)8-9-16(20)13-23-21(22)24-18-10-11-25-19-7-5-4-6-17(18)19;/h4-9,12,14,18H,10-11,13H2,1-3H3,(H3,22,23,24);1H. The van der Waals surface area contributed by atoms with Gasteiger partial charge in [-0.15, -0.1) is 24.0 Å². The first-order chi connectivity index (χ1) is 12.5. The summed E-state index contributed by atoms with van der Waals surface area (Å²) in [6.07, 6.45) is 0.980. The van der Waals surface area contributed by atoms with Gasteiger partial charge in [-0.3, -0.25) is 0 Å². The SMILES string of the molecule is Cc1ccc(CN=C(N)NC2CCOc3ccccc32)c(OC(C)C)c1.I. The van der Waals surface area contributed by atoms with E-state index in [4.69, 9.17) is 15.2 Å². The molecule has 2 aromatic rings. The lowest BCUT2D eigenvalue weighted by Crippen LogP contribution is -2.37. The molecule has 6 heteroatoms. The van der Waals surface area contributed by atoms with E-state index in [9.17, 15) is 0 Å². The summed E-state index contributed by atoms with van der Waals surface area (Å²) in [4.78, 5) is 4.52. The molecule has 27 heavy (non-hydrogen) atoms. The lowest BCUT2D eigenvalue weighted by atomic mass is 10.0. The van der Waals surface area contributed by atoms with E-state index in [1.54, 1.807) is 0 Å². The van der Waals surface area contributed by atoms with E-state index in [0.29, 0.717) is 19.1 Å². The molecule has 146 valence electrons. The fraction of sp³-hybridized carbons (Fsp3) is 0.381. The molecular formula is C21H28IN3O2. The average Bonchev–Trinajstić information content (AvgIpc) is 2.61. The summed E-state index contributed by atoms with van der Waals surface area (Å²) in [6.45, 7) is 7.25. The second-order valence-corrected chi connectivity index (χ2v) is 6.85. The molecule has 1 aliphatic heterocycles. The number of para-hydroxylation sites is 1. The molecule has 1 unspecified atom stereocenters. The van der Waals surface area contributed by atoms with Crippen LogP contribution >= 0.6 is 24.0 Å². The van der Waals surface area contributed by atoms with Gasteiger partial charge in [0.15, 0.2) is 5.96 Å². The molecule has 1 aliphatic rings. The van der Waals surface area contributed by atoms with Gasteiger partial charge in [-0.2, -0.15) is 0 Å². The minimum atomic E-state index is 0. The minimum Gasteiger partial charge on any atom is -0.493 e. The smallest absolute Gasteiger partial charge is 0.189 e. The number of nitrogens with zero attached hydrogens (tertiary/aromatic N) is 1. The van der Waals surface area contributed by atoms with Crippen molar-refractivity contribution >= 4 is 29.9 Å². The Balaban J connectivity index is 0.00000261. The van der Waals surface area contributed by atoms with Gasteiger partial charge in [-0.25, -0.2) is 4.99 Å². The normalized spacial score (nSPS) is 16.1. The molecule has 5 nitrogen and oxygen atoms in total. The number of halogens is 1. The molecular weight excluding hydrogens is 453 g/mol. The van der Waals surface area contributed by atoms with Crippen molar-refractivity contribution in [3.63, 3.8) is 0 Å². The van der Waals surface area contributed by atoms with Crippen molar-refractivity contribution in [3.05, 3.63) is 59.2 Å². The van der Waals surface area contributed by atoms with Crippen LogP contribution in [-0.4, -0.2) is 18.7 Å². The summed E-state index contributed by atoms with van der Waals surface area (Å²) >= 11 is 0. The molecule has 0 saturated heterocycles. The predicted molar refractivity (Wildman–Crippen MR) is 120 cm³/mol. The number of benzene rings is 2. The molecule has 0 aromatic heterocycles. The second-order valence-electron chi connectivity index (χ2n) is 6.85. The van der Waals surface area contributed by atoms with Crippen molar-refractivity contribution in [1.29, 1.82) is 0 Å². The maximum absolute atomic E-state index is 6.15. The third-order valence-corrected chi connectivity index (χ3v) is 4.29. The Morgan fingerprint density at radius 2 is 2.07 bits per heavy atom. The van der Waals surface area contributed by atoms with E-state index in [1.165, 1.54) is 5.56 Å². The van der Waals surface area contributed by atoms with Crippen molar-refractivity contribution in [2.45, 2.75) is 45.9 Å². The van der Waals surface area contributed by atoms with Crippen molar-refractivity contribution in [2.75, 3.05) is 6.61 Å². The highest BCUT2D eigenvalue weighted by atomic mass is 127. The number of fused-ring (bicyclic) bond motifs is 1. The van der Waals surface area contributed by atoms with Gasteiger partial charge in [0, 0.05) is 17.5 Å². The van der Waals surface area contributed by atoms with Crippen LogP contribution in [0.2, 0.25) is 0 Å². The number of aryl methyl sites for hydroxylation is 1. The summed E-state index contributed by atoms with van der Waals surface area (Å²) in [6, 6.07) is 14.3. The maximum Gasteiger partial charge on any atom is 0.189 e. The molecule has 0 spiro atoms. The molecule has 0 radical (unpaired) electrons. The van der Waals surface area contributed by atoms with Gasteiger partial charge in [-0.1, -0.05) is 30.3 Å². The molecule has 0 bridgehead atoms. The average molecular weight is 481 g/mol. The first kappa shape index (κ1) is 21.3. The quantitative estimate of drug-likeness (QED) is 0.379. The highest BCUT2D eigenvalue weighted by Crippen LogP contribution is 2.31. The molecule has 3 N–H and O–H groups in total. The van der Waals surface area contributed by atoms with Gasteiger partial charge >= 0.3 is 0 Å². The Kier molecular flexibility index (Phi) is 7.77. The Hall–Kier alpha value is -1.96. The van der Waals surface area contributed by atoms with Crippen LogP contribution in [0.15, 0.2) is 47.5 Å². The number of nitrogens with one attached hydrogen (secondary N) is 1. The third kappa shape index (κ3) is 5.76. The summed E-state index contributed by atoms with van der Waals surface area (Å²) in [7, 11) is 0. The highest BCUT2D eigenvalue weighted by molar-refractivity contribution is 14.0. The molecule has 2 aromatic carbocycles. The Labute approximate surface area is 178 Å². The van der Waals surface area contributed by atoms with Gasteiger partial charge < -0.3 is 20.5 Å². The fourth-order valence-corrected chi connectivity index (χ4v) is 3.04. The zero-order valence-electron chi connectivity index (χ0n) is 16.1. The number of hydrogen-bond acceptors (Lipinski definition) is 3. The van der Waals surface area contributed by atoms with E-state index in [0.717, 1.165) is 29.0 Å². The molecule has 0 fully saturated rings. The molecule has 0 saturated carbocycles. The summed E-state index contributed by atoms with van der Waals surface area (Å²) in [5.74, 6) is 2.21. The fourth-order valence-electron chi connectivity index (χ4n) is 3.04. The first-order valence-corrected chi connectivity index (χ1v) is 9.07. The van der Waals surface area contributed by atoms with Gasteiger partial charge in [0.05, 0.1) is 25.3 Å². The zero-order valence-corrected chi connectivity index (χ0v) is 18.4. The molecule has 0 aliphatic carbocycles. The van der Waals surface area contributed by atoms with Crippen LogP contribution < -0.4 is 20.5 Å². The molecule has 1 atom stereocenters. The van der Waals surface area contributed by atoms with Crippen LogP contribution in [0.25, 0.3) is 0 Å². The Bertz CT molecular complexity index is 793. The molecule has 1 heterocycles. The number of hydrogen-bond donors (Lipinski definition) is 2. The van der Waals surface area contributed by atoms with Crippen molar-refractivity contribution < 1.29 is 9.47 Å². The third-order valence-electron chi connectivity index (χ3n) is 4.29. The van der Waals surface area contributed by atoms with Crippen molar-refractivity contribution in [3.8, 4) is 11.5 Å². The minimum absolute atomic E-state index is 0. The van der Waals surface area contributed by atoms with E-state index in [-0.39, 0.29) is 36.1 Å². The van der Waals surface area contributed by atoms with Gasteiger partial charge in [-0.05, 0) is 38.5 Å². The van der Waals surface area contributed by atoms with E-state index < -0.39 is 0 Å². The number of aliphatic imine (C=N–C) groups is 1. The zero-order chi connectivity index (χ0) is 18.5. The number of rotatable bonds is 5. The molecule has 0 amide bonds. The van der Waals surface area contributed by atoms with Crippen LogP contribution in [0.1, 0.15) is 43.0 Å². The van der Waals surface area contributed by atoms with Gasteiger partial charge in [0.25, 0.3) is 0 Å². The van der Waals surface area contributed by atoms with Crippen molar-refractivity contribution in [1.82, 2.24) is 5.32 Å². The van der Waals surface area contributed by atoms with Crippen LogP contribution in [0.3, 0.4) is 0 Å². The Morgan fingerprint density at radius 3 is 2.85 bits per heavy atom. The van der Waals surface area contributed by atoms with Crippen LogP contribution in [-0.2, 0) is 6.54 Å². The lowest BCUT2D eigenvalue weighted by Gasteiger charge is -2.27.